The zero-order chi connectivity index (χ0) is 14.8. The van der Waals surface area contributed by atoms with Crippen LogP contribution in [0.5, 0.6) is 0 Å². The van der Waals surface area contributed by atoms with E-state index in [0.29, 0.717) is 6.42 Å². The Balaban J connectivity index is 1.78. The van der Waals surface area contributed by atoms with Crippen LogP contribution in [0.25, 0.3) is 10.2 Å². The molecule has 112 valence electrons. The van der Waals surface area contributed by atoms with Crippen LogP contribution in [0.15, 0.2) is 18.2 Å². The maximum atomic E-state index is 11.7. The molecule has 2 heterocycles. The number of anilines is 1. The van der Waals surface area contributed by atoms with Crippen LogP contribution in [-0.2, 0) is 11.2 Å². The second kappa shape index (κ2) is 6.02. The SMILES string of the molecule is CCC(=O)N1CCN(c2nc3c(CC)cccc3s2)CC1. The van der Waals surface area contributed by atoms with Gasteiger partial charge in [-0.25, -0.2) is 4.98 Å². The summed E-state index contributed by atoms with van der Waals surface area (Å²) in [5, 5.41) is 1.09. The summed E-state index contributed by atoms with van der Waals surface area (Å²) in [6.45, 7) is 7.48. The van der Waals surface area contributed by atoms with Crippen LogP contribution in [-0.4, -0.2) is 42.0 Å². The van der Waals surface area contributed by atoms with Gasteiger partial charge in [-0.3, -0.25) is 4.79 Å². The Morgan fingerprint density at radius 3 is 2.67 bits per heavy atom. The molecule has 1 aliphatic rings. The minimum atomic E-state index is 0.257. The molecule has 5 heteroatoms. The molecule has 0 radical (unpaired) electrons. The second-order valence-electron chi connectivity index (χ2n) is 5.34. The van der Waals surface area contributed by atoms with Gasteiger partial charge in [-0.1, -0.05) is 37.3 Å². The summed E-state index contributed by atoms with van der Waals surface area (Å²) in [7, 11) is 0. The van der Waals surface area contributed by atoms with Gasteiger partial charge in [-0.2, -0.15) is 0 Å². The minimum absolute atomic E-state index is 0.257. The molecule has 1 aromatic carbocycles. The van der Waals surface area contributed by atoms with E-state index in [4.69, 9.17) is 4.98 Å². The molecule has 0 unspecified atom stereocenters. The third-order valence-electron chi connectivity index (χ3n) is 4.08. The lowest BCUT2D eigenvalue weighted by atomic mass is 10.1. The Kier molecular flexibility index (Phi) is 4.10. The lowest BCUT2D eigenvalue weighted by molar-refractivity contribution is -0.131. The molecule has 1 fully saturated rings. The topological polar surface area (TPSA) is 36.4 Å². The summed E-state index contributed by atoms with van der Waals surface area (Å²) in [4.78, 5) is 20.8. The molecular weight excluding hydrogens is 282 g/mol. The van der Waals surface area contributed by atoms with E-state index in [-0.39, 0.29) is 5.91 Å². The fourth-order valence-electron chi connectivity index (χ4n) is 2.79. The summed E-state index contributed by atoms with van der Waals surface area (Å²) < 4.78 is 1.26. The zero-order valence-corrected chi connectivity index (χ0v) is 13.4. The quantitative estimate of drug-likeness (QED) is 0.875. The highest BCUT2D eigenvalue weighted by Gasteiger charge is 2.22. The number of hydrogen-bond acceptors (Lipinski definition) is 4. The van der Waals surface area contributed by atoms with Gasteiger partial charge in [0.25, 0.3) is 0 Å². The van der Waals surface area contributed by atoms with E-state index in [9.17, 15) is 4.79 Å². The van der Waals surface area contributed by atoms with Crippen LogP contribution in [0, 0.1) is 0 Å². The number of aromatic nitrogens is 1. The van der Waals surface area contributed by atoms with Gasteiger partial charge in [0.15, 0.2) is 5.13 Å². The first-order valence-electron chi connectivity index (χ1n) is 7.64. The molecule has 0 aliphatic carbocycles. The second-order valence-corrected chi connectivity index (χ2v) is 6.34. The van der Waals surface area contributed by atoms with Crippen molar-refractivity contribution in [1.29, 1.82) is 0 Å². The minimum Gasteiger partial charge on any atom is -0.345 e. The fourth-order valence-corrected chi connectivity index (χ4v) is 3.85. The van der Waals surface area contributed by atoms with Crippen LogP contribution in [0.3, 0.4) is 0 Å². The number of fused-ring (bicyclic) bond motifs is 1. The predicted octanol–water partition coefficient (Wildman–Crippen LogP) is 2.92. The lowest BCUT2D eigenvalue weighted by Gasteiger charge is -2.34. The molecule has 3 rings (SSSR count). The standard InChI is InChI=1S/C16H21N3OS/c1-3-12-6-5-7-13-15(12)17-16(21-13)19-10-8-18(9-11-19)14(20)4-2/h5-7H,3-4,8-11H2,1-2H3. The number of piperazine rings is 1. The number of aryl methyl sites for hydroxylation is 1. The molecule has 0 atom stereocenters. The largest absolute Gasteiger partial charge is 0.345 e. The Morgan fingerprint density at radius 1 is 1.24 bits per heavy atom. The lowest BCUT2D eigenvalue weighted by Crippen LogP contribution is -2.48. The first-order chi connectivity index (χ1) is 10.2. The molecule has 21 heavy (non-hydrogen) atoms. The van der Waals surface area contributed by atoms with E-state index in [1.54, 1.807) is 11.3 Å². The number of carbonyl (C=O) groups is 1. The Bertz CT molecular complexity index is 644. The Labute approximate surface area is 129 Å². The average Bonchev–Trinajstić information content (AvgIpc) is 2.98. The van der Waals surface area contributed by atoms with Crippen molar-refractivity contribution < 1.29 is 4.79 Å². The maximum Gasteiger partial charge on any atom is 0.222 e. The van der Waals surface area contributed by atoms with Gasteiger partial charge in [0.05, 0.1) is 10.2 Å². The van der Waals surface area contributed by atoms with Gasteiger partial charge in [-0.05, 0) is 18.1 Å². The number of thiazole rings is 1. The highest BCUT2D eigenvalue weighted by Crippen LogP contribution is 2.31. The summed E-state index contributed by atoms with van der Waals surface area (Å²) in [6.07, 6.45) is 1.61. The number of para-hydroxylation sites is 1. The number of rotatable bonds is 3. The third-order valence-corrected chi connectivity index (χ3v) is 5.16. The van der Waals surface area contributed by atoms with Crippen molar-refractivity contribution in [2.75, 3.05) is 31.1 Å². The fraction of sp³-hybridized carbons (Fsp3) is 0.500. The van der Waals surface area contributed by atoms with Crippen molar-refractivity contribution >= 4 is 32.6 Å². The molecule has 0 N–H and O–H groups in total. The van der Waals surface area contributed by atoms with Crippen LogP contribution >= 0.6 is 11.3 Å². The molecule has 4 nitrogen and oxygen atoms in total. The van der Waals surface area contributed by atoms with E-state index in [0.717, 1.165) is 43.2 Å². The maximum absolute atomic E-state index is 11.7. The monoisotopic (exact) mass is 303 g/mol. The number of hydrogen-bond donors (Lipinski definition) is 0. The van der Waals surface area contributed by atoms with Crippen molar-refractivity contribution in [2.45, 2.75) is 26.7 Å². The third kappa shape index (κ3) is 2.75. The van der Waals surface area contributed by atoms with Gasteiger partial charge in [-0.15, -0.1) is 0 Å². The highest BCUT2D eigenvalue weighted by atomic mass is 32.1. The van der Waals surface area contributed by atoms with Crippen molar-refractivity contribution in [3.8, 4) is 0 Å². The molecule has 1 amide bonds. The number of nitrogens with zero attached hydrogens (tertiary/aromatic N) is 3. The Hall–Kier alpha value is -1.62. The van der Waals surface area contributed by atoms with Gasteiger partial charge >= 0.3 is 0 Å². The van der Waals surface area contributed by atoms with Gasteiger partial charge in [0.1, 0.15) is 0 Å². The summed E-state index contributed by atoms with van der Waals surface area (Å²) in [5.41, 5.74) is 2.46. The van der Waals surface area contributed by atoms with Crippen LogP contribution in [0.2, 0.25) is 0 Å². The van der Waals surface area contributed by atoms with Gasteiger partial charge in [0, 0.05) is 32.6 Å². The smallest absolute Gasteiger partial charge is 0.222 e. The predicted molar refractivity (Wildman–Crippen MR) is 88.1 cm³/mol. The number of carbonyl (C=O) groups excluding carboxylic acids is 1. The molecule has 1 aromatic heterocycles. The van der Waals surface area contributed by atoms with Crippen LogP contribution in [0.4, 0.5) is 5.13 Å². The summed E-state index contributed by atoms with van der Waals surface area (Å²) >= 11 is 1.76. The zero-order valence-electron chi connectivity index (χ0n) is 12.6. The van der Waals surface area contributed by atoms with Gasteiger partial charge < -0.3 is 9.80 Å². The molecule has 0 saturated carbocycles. The first-order valence-corrected chi connectivity index (χ1v) is 8.45. The molecule has 0 spiro atoms. The van der Waals surface area contributed by atoms with Crippen LogP contribution in [0.1, 0.15) is 25.8 Å². The normalized spacial score (nSPS) is 15.7. The van der Waals surface area contributed by atoms with E-state index < -0.39 is 0 Å². The van der Waals surface area contributed by atoms with Crippen molar-refractivity contribution in [1.82, 2.24) is 9.88 Å². The van der Waals surface area contributed by atoms with Crippen molar-refractivity contribution in [3.05, 3.63) is 23.8 Å². The number of benzene rings is 1. The number of amides is 1. The molecule has 2 aromatic rings. The Morgan fingerprint density at radius 2 is 2.00 bits per heavy atom. The highest BCUT2D eigenvalue weighted by molar-refractivity contribution is 7.22. The van der Waals surface area contributed by atoms with E-state index in [1.807, 2.05) is 11.8 Å². The average molecular weight is 303 g/mol. The van der Waals surface area contributed by atoms with Crippen molar-refractivity contribution in [2.24, 2.45) is 0 Å². The molecular formula is C16H21N3OS. The first kappa shape index (κ1) is 14.3. The summed E-state index contributed by atoms with van der Waals surface area (Å²) in [6, 6.07) is 6.41. The van der Waals surface area contributed by atoms with Crippen molar-refractivity contribution in [3.63, 3.8) is 0 Å². The van der Waals surface area contributed by atoms with E-state index >= 15 is 0 Å². The van der Waals surface area contributed by atoms with Gasteiger partial charge in [0.2, 0.25) is 5.91 Å². The van der Waals surface area contributed by atoms with E-state index in [1.165, 1.54) is 10.3 Å². The molecule has 0 bridgehead atoms. The summed E-state index contributed by atoms with van der Waals surface area (Å²) in [5.74, 6) is 0.257. The molecule has 1 aliphatic heterocycles. The van der Waals surface area contributed by atoms with E-state index in [2.05, 4.69) is 30.0 Å². The molecule has 1 saturated heterocycles. The van der Waals surface area contributed by atoms with Crippen LogP contribution < -0.4 is 4.90 Å².